The standard InChI is InChI=1S/C76H116F2N14O16/c1-18-42(14)60(72(103)91-63-45(17)108-76(107)59(41(12)13)87-64(95)50(20-3)80-66(97)52(34-46-26-22-21-23-27-46)82-68(99)56(38(6)7)84-71(102)61(43(15)19-2)89-74(63)105)88-65(96)51(28-24-30-79)81-67(98)53-29-25-31-92(53)75(106)58(40(10)11)86-70(101)57(39(8)9)85-73(104)62(44(16)93)90-69(100)55(37(4)5)83-54(94)35-47-32-48(77)36-49(78)33-47/h20-23,26-27,32-33,36-45,51-53,55-63,93H,18-19,24-25,28-31,34-35,79H2,1-17H3,(H,80,97)(H,81,98)(H,82,99)(H,83,94)(H,84,102)(H,85,104)(H,86,101)(H,87,95)(H,88,96)(H,89,105)(H,90,100)(H,91,103)/b50-20-/t42-,43-,44+,45+,51-,52-,53+,55+,56+,57-,58+,59-,60+,61+,62-,63+/m0/s1. The number of esters is 1. The fourth-order valence-electron chi connectivity index (χ4n) is 12.3. The molecule has 2 aliphatic rings. The van der Waals surface area contributed by atoms with Gasteiger partial charge in [-0.2, -0.15) is 0 Å². The van der Waals surface area contributed by atoms with Crippen molar-refractivity contribution in [3.63, 3.8) is 0 Å². The SMILES string of the molecule is C/C=C1\NC(=O)[C@H](Cc2ccccc2)NC(=O)[C@@H](C(C)C)NC(=O)[C@@H]([C@@H](C)CC)NC(=O)[C@H](NC(=O)[C@H](NC(=O)[C@H](CCCN)NC(=O)[C@H]2CCCN2C(=O)[C@H](NC(=O)[C@@H](NC(=O)[C@@H](NC(=O)[C@H](NC(=O)Cc2cc(F)cc(F)c2)C(C)C)[C@@H](C)O)C(C)C)C(C)C)[C@@H](C)CC)[C@@H](C)OC(=O)[C@H](C(C)C)NC1=O. The quantitative estimate of drug-likeness (QED) is 0.0376. The molecule has 2 heterocycles. The van der Waals surface area contributed by atoms with E-state index >= 15 is 9.59 Å². The second-order valence-corrected chi connectivity index (χ2v) is 29.9. The summed E-state index contributed by atoms with van der Waals surface area (Å²) >= 11 is 0. The van der Waals surface area contributed by atoms with Crippen molar-refractivity contribution in [1.82, 2.24) is 68.7 Å². The highest BCUT2D eigenvalue weighted by Crippen LogP contribution is 2.23. The molecule has 30 nitrogen and oxygen atoms in total. The van der Waals surface area contributed by atoms with Crippen molar-refractivity contribution >= 4 is 82.8 Å². The summed E-state index contributed by atoms with van der Waals surface area (Å²) in [6.45, 7) is 27.0. The molecule has 2 aliphatic heterocycles. The molecule has 0 bridgehead atoms. The van der Waals surface area contributed by atoms with Crippen molar-refractivity contribution < 1.29 is 85.7 Å². The highest BCUT2D eigenvalue weighted by Gasteiger charge is 2.45. The molecule has 2 aromatic carbocycles. The van der Waals surface area contributed by atoms with Crippen LogP contribution in [0, 0.1) is 53.1 Å². The number of hydrogen-bond donors (Lipinski definition) is 14. The van der Waals surface area contributed by atoms with Crippen LogP contribution < -0.4 is 69.5 Å². The predicted molar refractivity (Wildman–Crippen MR) is 397 cm³/mol. The van der Waals surface area contributed by atoms with Crippen LogP contribution in [-0.4, -0.2) is 191 Å². The summed E-state index contributed by atoms with van der Waals surface area (Å²) in [5, 5.41) is 42.6. The van der Waals surface area contributed by atoms with Gasteiger partial charge in [-0.3, -0.25) is 62.3 Å². The number of aliphatic hydroxyl groups excluding tert-OH is 1. The number of nitrogens with two attached hydrogens (primary N) is 1. The monoisotopic (exact) mass is 1520 g/mol. The summed E-state index contributed by atoms with van der Waals surface area (Å²) in [5.74, 6) is -18.6. The molecule has 2 aromatic rings. The van der Waals surface area contributed by atoms with Crippen LogP contribution in [0.3, 0.4) is 0 Å². The lowest BCUT2D eigenvalue weighted by atomic mass is 9.95. The van der Waals surface area contributed by atoms with Gasteiger partial charge in [0, 0.05) is 19.0 Å². The molecule has 0 unspecified atom stereocenters. The molecule has 108 heavy (non-hydrogen) atoms. The number of amides is 13. The first-order valence-corrected chi connectivity index (χ1v) is 37.4. The third kappa shape index (κ3) is 26.4. The number of carbonyl (C=O) groups excluding carboxylic acids is 14. The Morgan fingerprint density at radius 1 is 0.620 bits per heavy atom. The maximum atomic E-state index is 15.0. The van der Waals surface area contributed by atoms with E-state index < -0.39 is 227 Å². The zero-order valence-corrected chi connectivity index (χ0v) is 65.2. The molecule has 4 rings (SSSR count). The molecule has 0 aliphatic carbocycles. The zero-order valence-electron chi connectivity index (χ0n) is 65.2. The summed E-state index contributed by atoms with van der Waals surface area (Å²) < 4.78 is 33.8. The van der Waals surface area contributed by atoms with Gasteiger partial charge >= 0.3 is 5.97 Å². The molecular weight excluding hydrogens is 1400 g/mol. The van der Waals surface area contributed by atoms with Crippen LogP contribution in [0.25, 0.3) is 0 Å². The Bertz CT molecular complexity index is 3500. The molecular formula is C76H116F2N14O16. The maximum Gasteiger partial charge on any atom is 0.329 e. The number of hydrogen-bond acceptors (Lipinski definition) is 17. The molecule has 0 saturated carbocycles. The average Bonchev–Trinajstić information content (AvgIpc) is 1.54. The zero-order chi connectivity index (χ0) is 81.3. The topological polar surface area (TPSA) is 442 Å². The Balaban J connectivity index is 1.62. The molecule has 0 aromatic heterocycles. The number of cyclic esters (lactones) is 1. The van der Waals surface area contributed by atoms with Crippen LogP contribution in [0.4, 0.5) is 8.78 Å². The fourth-order valence-corrected chi connectivity index (χ4v) is 12.3. The second kappa shape index (κ2) is 42.9. The lowest BCUT2D eigenvalue weighted by Crippen LogP contribution is -2.64. The minimum Gasteiger partial charge on any atom is -0.458 e. The molecule has 16 atom stereocenters. The Hall–Kier alpha value is -9.46. The van der Waals surface area contributed by atoms with E-state index in [1.807, 2.05) is 0 Å². The van der Waals surface area contributed by atoms with Crippen molar-refractivity contribution in [1.29, 1.82) is 0 Å². The highest BCUT2D eigenvalue weighted by molar-refractivity contribution is 6.03. The number of halogens is 2. The van der Waals surface area contributed by atoms with Crippen LogP contribution in [0.15, 0.2) is 60.3 Å². The third-order valence-corrected chi connectivity index (χ3v) is 19.4. The first-order chi connectivity index (χ1) is 50.7. The van der Waals surface area contributed by atoms with Crippen molar-refractivity contribution in [3.05, 3.63) is 83.1 Å². The van der Waals surface area contributed by atoms with Crippen molar-refractivity contribution in [2.75, 3.05) is 13.1 Å². The number of aliphatic hydroxyl groups is 1. The number of nitrogens with one attached hydrogen (secondary N) is 12. The normalized spacial score (nSPS) is 22.2. The molecule has 2 saturated heterocycles. The Morgan fingerprint density at radius 2 is 1.16 bits per heavy atom. The van der Waals surface area contributed by atoms with E-state index in [1.165, 1.54) is 31.7 Å². The Labute approximate surface area is 631 Å². The van der Waals surface area contributed by atoms with E-state index in [2.05, 4.69) is 63.8 Å². The Morgan fingerprint density at radius 3 is 1.69 bits per heavy atom. The van der Waals surface area contributed by atoms with E-state index in [0.29, 0.717) is 24.5 Å². The van der Waals surface area contributed by atoms with E-state index in [1.54, 1.807) is 127 Å². The van der Waals surface area contributed by atoms with Crippen LogP contribution in [0.2, 0.25) is 0 Å². The summed E-state index contributed by atoms with van der Waals surface area (Å²) in [5.41, 5.74) is 6.30. The van der Waals surface area contributed by atoms with Gasteiger partial charge in [0.2, 0.25) is 70.9 Å². The van der Waals surface area contributed by atoms with Gasteiger partial charge < -0.3 is 84.3 Å². The van der Waals surface area contributed by atoms with Crippen LogP contribution in [0.5, 0.6) is 0 Å². The summed E-state index contributed by atoms with van der Waals surface area (Å²) in [6.07, 6.45) is -1.37. The summed E-state index contributed by atoms with van der Waals surface area (Å²) in [4.78, 5) is 202. The first-order valence-electron chi connectivity index (χ1n) is 37.4. The van der Waals surface area contributed by atoms with Crippen molar-refractivity contribution in [2.45, 2.75) is 254 Å². The van der Waals surface area contributed by atoms with E-state index in [0.717, 1.165) is 12.1 Å². The summed E-state index contributed by atoms with van der Waals surface area (Å²) in [7, 11) is 0. The number of rotatable bonds is 31. The minimum absolute atomic E-state index is 0.00654. The van der Waals surface area contributed by atoms with E-state index in [-0.39, 0.29) is 56.5 Å². The number of likely N-dealkylation sites (tertiary alicyclic amines) is 1. The fraction of sp³-hybridized carbons (Fsp3) is 0.632. The second-order valence-electron chi connectivity index (χ2n) is 29.9. The van der Waals surface area contributed by atoms with Gasteiger partial charge in [-0.15, -0.1) is 0 Å². The molecule has 0 radical (unpaired) electrons. The third-order valence-electron chi connectivity index (χ3n) is 19.4. The van der Waals surface area contributed by atoms with Crippen molar-refractivity contribution in [2.24, 2.45) is 47.2 Å². The Kier molecular flexibility index (Phi) is 36.1. The molecule has 0 spiro atoms. The largest absolute Gasteiger partial charge is 0.458 e. The molecule has 32 heteroatoms. The first kappa shape index (κ1) is 90.9. The molecule has 2 fully saturated rings. The molecule has 15 N–H and O–H groups in total. The highest BCUT2D eigenvalue weighted by atomic mass is 19.1. The van der Waals surface area contributed by atoms with Gasteiger partial charge in [0.25, 0.3) is 5.91 Å². The molecule has 600 valence electrons. The lowest BCUT2D eigenvalue weighted by Gasteiger charge is -2.33. The van der Waals surface area contributed by atoms with Gasteiger partial charge in [-0.05, 0) is 118 Å². The summed E-state index contributed by atoms with van der Waals surface area (Å²) in [6, 6.07) is -5.82. The van der Waals surface area contributed by atoms with Crippen LogP contribution in [-0.2, 0) is 84.7 Å². The van der Waals surface area contributed by atoms with Gasteiger partial charge in [0.05, 0.1) is 12.5 Å². The smallest absolute Gasteiger partial charge is 0.329 e. The number of benzene rings is 2. The van der Waals surface area contributed by atoms with Gasteiger partial charge in [-0.25, -0.2) is 13.6 Å². The van der Waals surface area contributed by atoms with Gasteiger partial charge in [0.15, 0.2) is 0 Å². The van der Waals surface area contributed by atoms with E-state index in [4.69, 9.17) is 10.5 Å². The number of ether oxygens (including phenoxy) is 1. The lowest BCUT2D eigenvalue weighted by molar-refractivity contribution is -0.157. The number of allylic oxidation sites excluding steroid dienone is 1. The predicted octanol–water partition coefficient (Wildman–Crippen LogP) is 1.53. The minimum atomic E-state index is -1.84. The maximum absolute atomic E-state index is 15.0. The van der Waals surface area contributed by atoms with Gasteiger partial charge in [0.1, 0.15) is 95.9 Å². The van der Waals surface area contributed by atoms with Crippen molar-refractivity contribution in [3.8, 4) is 0 Å². The van der Waals surface area contributed by atoms with E-state index in [9.17, 15) is 71.4 Å². The number of carbonyl (C=O) groups is 14. The van der Waals surface area contributed by atoms with Crippen LogP contribution in [0.1, 0.15) is 167 Å². The molecule has 13 amide bonds. The van der Waals surface area contributed by atoms with Gasteiger partial charge in [-0.1, -0.05) is 146 Å². The number of nitrogens with zero attached hydrogens (tertiary/aromatic N) is 1. The average molecular weight is 1520 g/mol. The van der Waals surface area contributed by atoms with Crippen LogP contribution >= 0.6 is 0 Å².